The summed E-state index contributed by atoms with van der Waals surface area (Å²) in [7, 11) is 0. The van der Waals surface area contributed by atoms with E-state index >= 15 is 0 Å². The molecule has 15 heavy (non-hydrogen) atoms. The lowest BCUT2D eigenvalue weighted by Gasteiger charge is -2.21. The number of alkyl halides is 1. The molecule has 3 nitrogen and oxygen atoms in total. The Balaban J connectivity index is 2.00. The van der Waals surface area contributed by atoms with E-state index in [9.17, 15) is 4.39 Å². The first-order valence-corrected chi connectivity index (χ1v) is 5.18. The highest BCUT2D eigenvalue weighted by Crippen LogP contribution is 2.21. The van der Waals surface area contributed by atoms with Crippen LogP contribution in [0.25, 0.3) is 0 Å². The van der Waals surface area contributed by atoms with E-state index in [0.29, 0.717) is 19.5 Å². The Hall–Kier alpha value is -1.00. The number of aliphatic hydroxyl groups excluding tert-OH is 1. The molecule has 0 saturated carbocycles. The smallest absolute Gasteiger partial charge is 0.114 e. The Kier molecular flexibility index (Phi) is 3.28. The largest absolute Gasteiger partial charge is 0.395 e. The highest BCUT2D eigenvalue weighted by Gasteiger charge is 2.31. The lowest BCUT2D eigenvalue weighted by Crippen LogP contribution is -2.32. The van der Waals surface area contributed by atoms with Crippen LogP contribution < -0.4 is 0 Å². The molecule has 1 saturated heterocycles. The first-order valence-electron chi connectivity index (χ1n) is 5.18. The Morgan fingerprint density at radius 2 is 2.40 bits per heavy atom. The molecule has 1 N–H and O–H groups in total. The first-order chi connectivity index (χ1) is 7.29. The molecular weight excluding hydrogens is 195 g/mol. The van der Waals surface area contributed by atoms with Crippen LogP contribution in [0.4, 0.5) is 4.39 Å². The third-order valence-corrected chi connectivity index (χ3v) is 2.78. The van der Waals surface area contributed by atoms with Crippen molar-refractivity contribution in [1.29, 1.82) is 0 Å². The molecule has 0 spiro atoms. The van der Waals surface area contributed by atoms with Gasteiger partial charge in [-0.1, -0.05) is 6.07 Å². The lowest BCUT2D eigenvalue weighted by molar-refractivity contribution is 0.152. The number of likely N-dealkylation sites (tertiary alicyclic amines) is 1. The third kappa shape index (κ3) is 2.52. The van der Waals surface area contributed by atoms with Crippen LogP contribution in [0, 0.1) is 0 Å². The minimum atomic E-state index is -0.814. The number of rotatable bonds is 3. The molecule has 0 radical (unpaired) electrons. The molecular formula is C11H15FN2O. The number of aliphatic hydroxyl groups is 1. The van der Waals surface area contributed by atoms with E-state index in [-0.39, 0.29) is 12.6 Å². The maximum Gasteiger partial charge on any atom is 0.114 e. The molecule has 82 valence electrons. The van der Waals surface area contributed by atoms with E-state index in [4.69, 9.17) is 5.11 Å². The van der Waals surface area contributed by atoms with Crippen molar-refractivity contribution in [2.24, 2.45) is 0 Å². The molecule has 1 aliphatic heterocycles. The number of aromatic nitrogens is 1. The van der Waals surface area contributed by atoms with Gasteiger partial charge in [0.05, 0.1) is 12.3 Å². The topological polar surface area (TPSA) is 36.4 Å². The van der Waals surface area contributed by atoms with Crippen LogP contribution in [-0.2, 0) is 6.54 Å². The fourth-order valence-corrected chi connectivity index (χ4v) is 2.01. The van der Waals surface area contributed by atoms with Gasteiger partial charge in [-0.2, -0.15) is 0 Å². The van der Waals surface area contributed by atoms with Gasteiger partial charge in [0.2, 0.25) is 0 Å². The predicted octanol–water partition coefficient (Wildman–Crippen LogP) is 0.986. The Labute approximate surface area is 88.6 Å². The molecule has 0 aliphatic carbocycles. The predicted molar refractivity (Wildman–Crippen MR) is 55.0 cm³/mol. The van der Waals surface area contributed by atoms with Gasteiger partial charge in [-0.05, 0) is 18.6 Å². The number of hydrogen-bond donors (Lipinski definition) is 1. The zero-order chi connectivity index (χ0) is 10.7. The fourth-order valence-electron chi connectivity index (χ4n) is 2.01. The average Bonchev–Trinajstić information content (AvgIpc) is 2.60. The van der Waals surface area contributed by atoms with E-state index in [2.05, 4.69) is 4.98 Å². The summed E-state index contributed by atoms with van der Waals surface area (Å²) >= 11 is 0. The van der Waals surface area contributed by atoms with Crippen molar-refractivity contribution in [3.05, 3.63) is 30.1 Å². The van der Waals surface area contributed by atoms with Crippen LogP contribution in [0.5, 0.6) is 0 Å². The van der Waals surface area contributed by atoms with Gasteiger partial charge >= 0.3 is 0 Å². The molecule has 2 rings (SSSR count). The minimum absolute atomic E-state index is 0.0211. The number of halogens is 1. The van der Waals surface area contributed by atoms with E-state index in [1.165, 1.54) is 0 Å². The molecule has 0 bridgehead atoms. The molecule has 1 aromatic heterocycles. The second-order valence-corrected chi connectivity index (χ2v) is 3.92. The first kappa shape index (κ1) is 10.5. The van der Waals surface area contributed by atoms with Gasteiger partial charge in [0.15, 0.2) is 0 Å². The summed E-state index contributed by atoms with van der Waals surface area (Å²) in [4.78, 5) is 6.14. The van der Waals surface area contributed by atoms with Crippen molar-refractivity contribution in [2.45, 2.75) is 25.2 Å². The van der Waals surface area contributed by atoms with Gasteiger partial charge in [0, 0.05) is 25.3 Å². The molecule has 1 aromatic rings. The van der Waals surface area contributed by atoms with Gasteiger partial charge in [0.25, 0.3) is 0 Å². The standard InChI is InChI=1S/C11H15FN2O/c12-9-5-11(8-15)14(6-9)7-10-3-1-2-4-13-10/h1-4,9,11,15H,5-8H2/t9-,11-/m0/s1. The van der Waals surface area contributed by atoms with E-state index in [0.717, 1.165) is 5.69 Å². The fraction of sp³-hybridized carbons (Fsp3) is 0.545. The third-order valence-electron chi connectivity index (χ3n) is 2.78. The summed E-state index contributed by atoms with van der Waals surface area (Å²) in [5.74, 6) is 0. The summed E-state index contributed by atoms with van der Waals surface area (Å²) in [6.07, 6.45) is 1.35. The summed E-state index contributed by atoms with van der Waals surface area (Å²) in [6, 6.07) is 5.64. The van der Waals surface area contributed by atoms with Crippen molar-refractivity contribution < 1.29 is 9.50 Å². The normalized spacial score (nSPS) is 27.1. The number of nitrogens with zero attached hydrogens (tertiary/aromatic N) is 2. The van der Waals surface area contributed by atoms with Crippen LogP contribution in [0.2, 0.25) is 0 Å². The van der Waals surface area contributed by atoms with Crippen LogP contribution >= 0.6 is 0 Å². The van der Waals surface area contributed by atoms with Crippen molar-refractivity contribution in [3.63, 3.8) is 0 Å². The van der Waals surface area contributed by atoms with Gasteiger partial charge in [-0.25, -0.2) is 4.39 Å². The van der Waals surface area contributed by atoms with Gasteiger partial charge in [0.1, 0.15) is 6.17 Å². The highest BCUT2D eigenvalue weighted by atomic mass is 19.1. The molecule has 4 heteroatoms. The molecule has 2 atom stereocenters. The number of pyridine rings is 1. The van der Waals surface area contributed by atoms with Crippen LogP contribution in [0.3, 0.4) is 0 Å². The van der Waals surface area contributed by atoms with Gasteiger partial charge in [-0.3, -0.25) is 9.88 Å². The zero-order valence-electron chi connectivity index (χ0n) is 8.51. The second-order valence-electron chi connectivity index (χ2n) is 3.92. The molecule has 1 aliphatic rings. The van der Waals surface area contributed by atoms with Crippen molar-refractivity contribution in [1.82, 2.24) is 9.88 Å². The van der Waals surface area contributed by atoms with Crippen molar-refractivity contribution >= 4 is 0 Å². The minimum Gasteiger partial charge on any atom is -0.395 e. The molecule has 2 heterocycles. The maximum absolute atomic E-state index is 13.1. The lowest BCUT2D eigenvalue weighted by atomic mass is 10.2. The number of hydrogen-bond acceptors (Lipinski definition) is 3. The Morgan fingerprint density at radius 1 is 1.53 bits per heavy atom. The van der Waals surface area contributed by atoms with Gasteiger partial charge in [-0.15, -0.1) is 0 Å². The van der Waals surface area contributed by atoms with Crippen molar-refractivity contribution in [2.75, 3.05) is 13.2 Å². The molecule has 1 fully saturated rings. The van der Waals surface area contributed by atoms with Crippen molar-refractivity contribution in [3.8, 4) is 0 Å². The average molecular weight is 210 g/mol. The Bertz CT molecular complexity index is 307. The van der Waals surface area contributed by atoms with Crippen LogP contribution in [0.1, 0.15) is 12.1 Å². The molecule has 0 aromatic carbocycles. The summed E-state index contributed by atoms with van der Waals surface area (Å²) in [6.45, 7) is 1.04. The maximum atomic E-state index is 13.1. The van der Waals surface area contributed by atoms with E-state index < -0.39 is 6.17 Å². The second kappa shape index (κ2) is 4.68. The molecule has 0 unspecified atom stereocenters. The van der Waals surface area contributed by atoms with Crippen LogP contribution in [0.15, 0.2) is 24.4 Å². The quantitative estimate of drug-likeness (QED) is 0.808. The zero-order valence-corrected chi connectivity index (χ0v) is 8.51. The summed E-state index contributed by atoms with van der Waals surface area (Å²) < 4.78 is 13.1. The summed E-state index contributed by atoms with van der Waals surface area (Å²) in [5, 5.41) is 9.10. The van der Waals surface area contributed by atoms with Gasteiger partial charge < -0.3 is 5.11 Å². The Morgan fingerprint density at radius 3 is 3.07 bits per heavy atom. The molecule has 0 amide bonds. The summed E-state index contributed by atoms with van der Waals surface area (Å²) in [5.41, 5.74) is 0.921. The van der Waals surface area contributed by atoms with E-state index in [1.807, 2.05) is 23.1 Å². The van der Waals surface area contributed by atoms with E-state index in [1.54, 1.807) is 6.20 Å². The van der Waals surface area contributed by atoms with Crippen LogP contribution in [-0.4, -0.2) is 40.4 Å². The SMILES string of the molecule is OC[C@@H]1C[C@H](F)CN1Cc1ccccn1. The highest BCUT2D eigenvalue weighted by molar-refractivity contribution is 5.04. The monoisotopic (exact) mass is 210 g/mol.